The molecule has 0 saturated heterocycles. The van der Waals surface area contributed by atoms with Gasteiger partial charge in [-0.2, -0.15) is 0 Å². The van der Waals surface area contributed by atoms with Gasteiger partial charge in [0.25, 0.3) is 0 Å². The van der Waals surface area contributed by atoms with Crippen LogP contribution in [0, 0.1) is 0 Å². The molecule has 0 aliphatic heterocycles. The molecule has 5 heteroatoms. The standard InChI is InChI=1S/C7H8BrClO2S/c1-11-3-5(10)6-2-4(8)7(9)12-6/h2,5,10H,3H2,1H3. The summed E-state index contributed by atoms with van der Waals surface area (Å²) in [5.74, 6) is 0. The fraction of sp³-hybridized carbons (Fsp3) is 0.429. The molecule has 1 rings (SSSR count). The molecule has 0 spiro atoms. The third-order valence-electron chi connectivity index (χ3n) is 1.32. The molecular weight excluding hydrogens is 263 g/mol. The van der Waals surface area contributed by atoms with Crippen molar-refractivity contribution in [1.82, 2.24) is 0 Å². The van der Waals surface area contributed by atoms with E-state index in [0.29, 0.717) is 10.9 Å². The highest BCUT2D eigenvalue weighted by atomic mass is 79.9. The molecule has 2 nitrogen and oxygen atoms in total. The smallest absolute Gasteiger partial charge is 0.111 e. The second-order valence-electron chi connectivity index (χ2n) is 2.24. The Balaban J connectivity index is 2.74. The van der Waals surface area contributed by atoms with Crippen LogP contribution in [0.25, 0.3) is 0 Å². The topological polar surface area (TPSA) is 29.5 Å². The first-order valence-electron chi connectivity index (χ1n) is 3.27. The fourth-order valence-electron chi connectivity index (χ4n) is 0.768. The molecule has 0 amide bonds. The van der Waals surface area contributed by atoms with Crippen molar-refractivity contribution in [2.24, 2.45) is 0 Å². The summed E-state index contributed by atoms with van der Waals surface area (Å²) in [5, 5.41) is 9.46. The molecule has 1 aromatic rings. The van der Waals surface area contributed by atoms with Crippen LogP contribution in [0.1, 0.15) is 11.0 Å². The van der Waals surface area contributed by atoms with Gasteiger partial charge in [0.05, 0.1) is 6.61 Å². The van der Waals surface area contributed by atoms with Gasteiger partial charge in [-0.3, -0.25) is 0 Å². The summed E-state index contributed by atoms with van der Waals surface area (Å²) in [6.45, 7) is 0.295. The molecule has 1 aromatic heterocycles. The van der Waals surface area contributed by atoms with Gasteiger partial charge in [-0.05, 0) is 22.0 Å². The molecule has 1 heterocycles. The van der Waals surface area contributed by atoms with E-state index in [4.69, 9.17) is 16.3 Å². The summed E-state index contributed by atoms with van der Waals surface area (Å²) in [7, 11) is 1.55. The van der Waals surface area contributed by atoms with Crippen LogP contribution >= 0.6 is 38.9 Å². The number of aliphatic hydroxyl groups is 1. The van der Waals surface area contributed by atoms with Crippen molar-refractivity contribution in [2.45, 2.75) is 6.10 Å². The third kappa shape index (κ3) is 2.44. The summed E-state index contributed by atoms with van der Waals surface area (Å²) in [5.41, 5.74) is 0. The second-order valence-corrected chi connectivity index (χ2v) is 4.78. The number of hydrogen-bond acceptors (Lipinski definition) is 3. The number of thiophene rings is 1. The van der Waals surface area contributed by atoms with Crippen molar-refractivity contribution >= 4 is 38.9 Å². The van der Waals surface area contributed by atoms with Crippen LogP contribution in [0.5, 0.6) is 0 Å². The van der Waals surface area contributed by atoms with Gasteiger partial charge in [-0.15, -0.1) is 11.3 Å². The Morgan fingerprint density at radius 2 is 2.50 bits per heavy atom. The summed E-state index contributed by atoms with van der Waals surface area (Å²) >= 11 is 10.4. The predicted molar refractivity (Wildman–Crippen MR) is 53.9 cm³/mol. The maximum absolute atomic E-state index is 9.46. The predicted octanol–water partition coefficient (Wildman–Crippen LogP) is 2.84. The minimum atomic E-state index is -0.580. The molecule has 0 radical (unpaired) electrons. The number of hydrogen-bond donors (Lipinski definition) is 1. The summed E-state index contributed by atoms with van der Waals surface area (Å²) in [6.07, 6.45) is -0.580. The van der Waals surface area contributed by atoms with E-state index in [1.165, 1.54) is 11.3 Å². The highest BCUT2D eigenvalue weighted by Gasteiger charge is 2.12. The lowest BCUT2D eigenvalue weighted by Gasteiger charge is -2.04. The first kappa shape index (κ1) is 10.5. The van der Waals surface area contributed by atoms with Gasteiger partial charge in [0.2, 0.25) is 0 Å². The average Bonchev–Trinajstić information content (AvgIpc) is 2.33. The molecular formula is C7H8BrClO2S. The quantitative estimate of drug-likeness (QED) is 0.916. The fourth-order valence-corrected chi connectivity index (χ4v) is 2.47. The number of rotatable bonds is 3. The molecule has 0 saturated carbocycles. The van der Waals surface area contributed by atoms with Gasteiger partial charge in [0.1, 0.15) is 10.4 Å². The maximum Gasteiger partial charge on any atom is 0.111 e. The Morgan fingerprint density at radius 3 is 2.92 bits per heavy atom. The van der Waals surface area contributed by atoms with Crippen LogP contribution in [-0.4, -0.2) is 18.8 Å². The van der Waals surface area contributed by atoms with Crippen LogP contribution < -0.4 is 0 Å². The third-order valence-corrected chi connectivity index (χ3v) is 3.89. The number of aliphatic hydroxyl groups excluding tert-OH is 1. The van der Waals surface area contributed by atoms with E-state index in [0.717, 1.165) is 9.35 Å². The maximum atomic E-state index is 9.46. The molecule has 1 atom stereocenters. The van der Waals surface area contributed by atoms with E-state index in [9.17, 15) is 5.11 Å². The Labute approximate surface area is 88.2 Å². The van der Waals surface area contributed by atoms with E-state index < -0.39 is 6.10 Å². The molecule has 1 N–H and O–H groups in total. The van der Waals surface area contributed by atoms with E-state index >= 15 is 0 Å². The lowest BCUT2D eigenvalue weighted by Crippen LogP contribution is -2.02. The molecule has 0 aliphatic carbocycles. The monoisotopic (exact) mass is 270 g/mol. The van der Waals surface area contributed by atoms with Gasteiger partial charge in [0.15, 0.2) is 0 Å². The highest BCUT2D eigenvalue weighted by molar-refractivity contribution is 9.10. The Hall–Kier alpha value is 0.390. The van der Waals surface area contributed by atoms with Gasteiger partial charge in [-0.1, -0.05) is 11.6 Å². The zero-order chi connectivity index (χ0) is 9.14. The number of methoxy groups -OCH3 is 1. The molecule has 0 aliphatic rings. The van der Waals surface area contributed by atoms with Crippen molar-refractivity contribution in [2.75, 3.05) is 13.7 Å². The number of halogens is 2. The normalized spacial score (nSPS) is 13.3. The average molecular weight is 272 g/mol. The van der Waals surface area contributed by atoms with E-state index in [1.54, 1.807) is 13.2 Å². The Bertz CT molecular complexity index is 244. The second kappa shape index (κ2) is 4.58. The van der Waals surface area contributed by atoms with E-state index in [-0.39, 0.29) is 0 Å². The minimum absolute atomic E-state index is 0.295. The van der Waals surface area contributed by atoms with Crippen molar-refractivity contribution in [3.8, 4) is 0 Å². The Morgan fingerprint density at radius 1 is 1.83 bits per heavy atom. The summed E-state index contributed by atoms with van der Waals surface area (Å²) < 4.78 is 6.28. The molecule has 0 bridgehead atoms. The van der Waals surface area contributed by atoms with Gasteiger partial charge in [-0.25, -0.2) is 0 Å². The van der Waals surface area contributed by atoms with Gasteiger partial charge in [0, 0.05) is 16.5 Å². The zero-order valence-electron chi connectivity index (χ0n) is 6.38. The molecule has 1 unspecified atom stereocenters. The summed E-state index contributed by atoms with van der Waals surface area (Å²) in [6, 6.07) is 1.80. The molecule has 0 aromatic carbocycles. The van der Waals surface area contributed by atoms with Crippen molar-refractivity contribution in [3.05, 3.63) is 19.8 Å². The van der Waals surface area contributed by atoms with Crippen molar-refractivity contribution in [3.63, 3.8) is 0 Å². The van der Waals surface area contributed by atoms with Crippen LogP contribution in [0.15, 0.2) is 10.5 Å². The first-order valence-corrected chi connectivity index (χ1v) is 5.25. The number of ether oxygens (including phenoxy) is 1. The molecule has 68 valence electrons. The van der Waals surface area contributed by atoms with E-state index in [2.05, 4.69) is 15.9 Å². The van der Waals surface area contributed by atoms with Crippen LogP contribution in [0.3, 0.4) is 0 Å². The minimum Gasteiger partial charge on any atom is -0.385 e. The summed E-state index contributed by atoms with van der Waals surface area (Å²) in [4.78, 5) is 0.814. The SMILES string of the molecule is COCC(O)c1cc(Br)c(Cl)s1. The van der Waals surface area contributed by atoms with Crippen LogP contribution in [0.2, 0.25) is 4.34 Å². The van der Waals surface area contributed by atoms with Gasteiger partial charge >= 0.3 is 0 Å². The largest absolute Gasteiger partial charge is 0.385 e. The molecule has 12 heavy (non-hydrogen) atoms. The Kier molecular flexibility index (Phi) is 3.99. The highest BCUT2D eigenvalue weighted by Crippen LogP contribution is 2.35. The zero-order valence-corrected chi connectivity index (χ0v) is 9.54. The van der Waals surface area contributed by atoms with E-state index in [1.807, 2.05) is 0 Å². The molecule has 0 fully saturated rings. The van der Waals surface area contributed by atoms with Crippen molar-refractivity contribution < 1.29 is 9.84 Å². The lowest BCUT2D eigenvalue weighted by molar-refractivity contribution is 0.0666. The van der Waals surface area contributed by atoms with Crippen molar-refractivity contribution in [1.29, 1.82) is 0 Å². The van der Waals surface area contributed by atoms with Gasteiger partial charge < -0.3 is 9.84 Å². The van der Waals surface area contributed by atoms with Crippen LogP contribution in [0.4, 0.5) is 0 Å². The lowest BCUT2D eigenvalue weighted by atomic mass is 10.3. The first-order chi connectivity index (χ1) is 5.65. The van der Waals surface area contributed by atoms with Crippen LogP contribution in [-0.2, 0) is 4.74 Å².